The molecule has 0 radical (unpaired) electrons. The number of nitrogens with two attached hydrogens (primary N) is 1. The molecule has 1 saturated heterocycles. The zero-order valence-corrected chi connectivity index (χ0v) is 12.8. The van der Waals surface area contributed by atoms with Crippen molar-refractivity contribution < 1.29 is 14.3 Å². The molecule has 1 aliphatic heterocycles. The first-order chi connectivity index (χ1) is 9.76. The average molecular weight is 290 g/mol. The molecule has 1 atom stereocenters. The molecule has 2 N–H and O–H groups in total. The van der Waals surface area contributed by atoms with Crippen LogP contribution in [0.25, 0.3) is 0 Å². The van der Waals surface area contributed by atoms with Gasteiger partial charge in [-0.25, -0.2) is 4.79 Å². The van der Waals surface area contributed by atoms with Gasteiger partial charge in [0.1, 0.15) is 11.4 Å². The SMILES string of the molecule is CC(C)(C)OC(=O)N1CCC(=O)C(c2ccc(N)cc2)C1. The molecule has 0 bridgehead atoms. The van der Waals surface area contributed by atoms with Crippen LogP contribution in [0.2, 0.25) is 0 Å². The second kappa shape index (κ2) is 5.76. The number of piperidine rings is 1. The third-order valence-electron chi connectivity index (χ3n) is 3.41. The number of Topliss-reactive ketones (excluding diaryl/α,β-unsaturated/α-hetero) is 1. The lowest BCUT2D eigenvalue weighted by atomic mass is 9.89. The van der Waals surface area contributed by atoms with Crippen LogP contribution < -0.4 is 5.73 Å². The maximum absolute atomic E-state index is 12.1. The van der Waals surface area contributed by atoms with Crippen LogP contribution in [0.4, 0.5) is 10.5 Å². The Morgan fingerprint density at radius 1 is 1.29 bits per heavy atom. The van der Waals surface area contributed by atoms with Crippen molar-refractivity contribution in [3.63, 3.8) is 0 Å². The molecular weight excluding hydrogens is 268 g/mol. The van der Waals surface area contributed by atoms with Crippen molar-refractivity contribution in [2.45, 2.75) is 38.7 Å². The van der Waals surface area contributed by atoms with Gasteiger partial charge in [-0.15, -0.1) is 0 Å². The minimum atomic E-state index is -0.533. The summed E-state index contributed by atoms with van der Waals surface area (Å²) in [7, 11) is 0. The minimum Gasteiger partial charge on any atom is -0.444 e. The standard InChI is InChI=1S/C16H22N2O3/c1-16(2,3)21-15(20)18-9-8-14(19)13(10-18)11-4-6-12(17)7-5-11/h4-7,13H,8-10,17H2,1-3H3. The molecule has 0 aliphatic carbocycles. The van der Waals surface area contributed by atoms with Crippen LogP contribution in [0.1, 0.15) is 38.7 Å². The van der Waals surface area contributed by atoms with E-state index in [2.05, 4.69) is 0 Å². The Hall–Kier alpha value is -2.04. The third-order valence-corrected chi connectivity index (χ3v) is 3.41. The van der Waals surface area contributed by atoms with Gasteiger partial charge in [0.05, 0.1) is 5.92 Å². The van der Waals surface area contributed by atoms with Crippen LogP contribution >= 0.6 is 0 Å². The van der Waals surface area contributed by atoms with Crippen LogP contribution in [-0.2, 0) is 9.53 Å². The normalized spacial score (nSPS) is 19.5. The third kappa shape index (κ3) is 3.97. The number of carbonyl (C=O) groups is 2. The van der Waals surface area contributed by atoms with Crippen LogP contribution in [0.15, 0.2) is 24.3 Å². The molecule has 1 aromatic rings. The first kappa shape index (κ1) is 15.4. The van der Waals surface area contributed by atoms with Crippen molar-refractivity contribution in [2.75, 3.05) is 18.8 Å². The van der Waals surface area contributed by atoms with Crippen molar-refractivity contribution in [3.8, 4) is 0 Å². The van der Waals surface area contributed by atoms with Gasteiger partial charge in [-0.2, -0.15) is 0 Å². The number of ketones is 1. The number of nitrogens with zero attached hydrogens (tertiary/aromatic N) is 1. The van der Waals surface area contributed by atoms with Gasteiger partial charge in [0, 0.05) is 25.2 Å². The smallest absolute Gasteiger partial charge is 0.410 e. The van der Waals surface area contributed by atoms with Crippen molar-refractivity contribution in [3.05, 3.63) is 29.8 Å². The Morgan fingerprint density at radius 2 is 1.90 bits per heavy atom. The molecular formula is C16H22N2O3. The Morgan fingerprint density at radius 3 is 2.48 bits per heavy atom. The molecule has 1 heterocycles. The number of rotatable bonds is 1. The fourth-order valence-corrected chi connectivity index (χ4v) is 2.34. The van der Waals surface area contributed by atoms with Gasteiger partial charge in [-0.05, 0) is 38.5 Å². The summed E-state index contributed by atoms with van der Waals surface area (Å²) < 4.78 is 5.37. The maximum Gasteiger partial charge on any atom is 0.410 e. The molecule has 5 nitrogen and oxygen atoms in total. The first-order valence-corrected chi connectivity index (χ1v) is 7.12. The van der Waals surface area contributed by atoms with Gasteiger partial charge in [0.15, 0.2) is 0 Å². The molecule has 5 heteroatoms. The fourth-order valence-electron chi connectivity index (χ4n) is 2.34. The lowest BCUT2D eigenvalue weighted by Gasteiger charge is -2.33. The predicted octanol–water partition coefficient (Wildman–Crippen LogP) is 2.56. The summed E-state index contributed by atoms with van der Waals surface area (Å²) in [5.41, 5.74) is 6.68. The molecule has 21 heavy (non-hydrogen) atoms. The summed E-state index contributed by atoms with van der Waals surface area (Å²) in [6, 6.07) is 7.23. The zero-order valence-electron chi connectivity index (χ0n) is 12.8. The van der Waals surface area contributed by atoms with E-state index in [1.807, 2.05) is 32.9 Å². The molecule has 114 valence electrons. The van der Waals surface area contributed by atoms with Crippen LogP contribution in [0.3, 0.4) is 0 Å². The number of hydrogen-bond donors (Lipinski definition) is 1. The zero-order chi connectivity index (χ0) is 15.6. The monoisotopic (exact) mass is 290 g/mol. The number of amides is 1. The highest BCUT2D eigenvalue weighted by Crippen LogP contribution is 2.26. The molecule has 1 aliphatic rings. The number of anilines is 1. The summed E-state index contributed by atoms with van der Waals surface area (Å²) in [5, 5.41) is 0. The second-order valence-corrected chi connectivity index (χ2v) is 6.36. The second-order valence-electron chi connectivity index (χ2n) is 6.36. The van der Waals surface area contributed by atoms with E-state index in [9.17, 15) is 9.59 Å². The Bertz CT molecular complexity index is 531. The molecule has 0 aromatic heterocycles. The molecule has 0 spiro atoms. The topological polar surface area (TPSA) is 72.6 Å². The minimum absolute atomic E-state index is 0.152. The van der Waals surface area contributed by atoms with Crippen LogP contribution in [0, 0.1) is 0 Å². The van der Waals surface area contributed by atoms with E-state index in [0.29, 0.717) is 25.2 Å². The largest absolute Gasteiger partial charge is 0.444 e. The number of nitrogen functional groups attached to an aromatic ring is 1. The van der Waals surface area contributed by atoms with E-state index >= 15 is 0 Å². The van der Waals surface area contributed by atoms with Crippen LogP contribution in [0.5, 0.6) is 0 Å². The van der Waals surface area contributed by atoms with Gasteiger partial charge < -0.3 is 15.4 Å². The number of hydrogen-bond acceptors (Lipinski definition) is 4. The average Bonchev–Trinajstić information content (AvgIpc) is 2.38. The van der Waals surface area contributed by atoms with Gasteiger partial charge in [0.2, 0.25) is 0 Å². The molecule has 1 aromatic carbocycles. The van der Waals surface area contributed by atoms with Crippen molar-refractivity contribution >= 4 is 17.6 Å². The molecule has 1 unspecified atom stereocenters. The fraction of sp³-hybridized carbons (Fsp3) is 0.500. The Kier molecular flexibility index (Phi) is 4.21. The summed E-state index contributed by atoms with van der Waals surface area (Å²) in [5.74, 6) is -0.147. The summed E-state index contributed by atoms with van der Waals surface area (Å²) in [4.78, 5) is 25.9. The number of carbonyl (C=O) groups excluding carboxylic acids is 2. The molecule has 2 rings (SSSR count). The summed E-state index contributed by atoms with van der Waals surface area (Å²) in [6.07, 6.45) is -0.00989. The highest BCUT2D eigenvalue weighted by Gasteiger charge is 2.32. The Labute approximate surface area is 125 Å². The van der Waals surface area contributed by atoms with E-state index in [4.69, 9.17) is 10.5 Å². The lowest BCUT2D eigenvalue weighted by molar-refractivity contribution is -0.123. The van der Waals surface area contributed by atoms with Crippen molar-refractivity contribution in [2.24, 2.45) is 0 Å². The van der Waals surface area contributed by atoms with E-state index in [0.717, 1.165) is 5.56 Å². The van der Waals surface area contributed by atoms with Crippen molar-refractivity contribution in [1.29, 1.82) is 0 Å². The first-order valence-electron chi connectivity index (χ1n) is 7.12. The summed E-state index contributed by atoms with van der Waals surface area (Å²) in [6.45, 7) is 6.27. The van der Waals surface area contributed by atoms with Gasteiger partial charge in [-0.1, -0.05) is 12.1 Å². The number of likely N-dealkylation sites (tertiary alicyclic amines) is 1. The lowest BCUT2D eigenvalue weighted by Crippen LogP contribution is -2.45. The highest BCUT2D eigenvalue weighted by atomic mass is 16.6. The van der Waals surface area contributed by atoms with Crippen molar-refractivity contribution in [1.82, 2.24) is 4.90 Å². The molecule has 1 amide bonds. The predicted molar refractivity (Wildman–Crippen MR) is 81.0 cm³/mol. The van der Waals surface area contributed by atoms with Crippen LogP contribution in [-0.4, -0.2) is 35.5 Å². The summed E-state index contributed by atoms with van der Waals surface area (Å²) >= 11 is 0. The Balaban J connectivity index is 2.11. The van der Waals surface area contributed by atoms with Gasteiger partial charge >= 0.3 is 6.09 Å². The quantitative estimate of drug-likeness (QED) is 0.807. The number of benzene rings is 1. The molecule has 1 fully saturated rings. The number of ether oxygens (including phenoxy) is 1. The van der Waals surface area contributed by atoms with Gasteiger partial charge in [0.25, 0.3) is 0 Å². The van der Waals surface area contributed by atoms with E-state index in [-0.39, 0.29) is 17.8 Å². The maximum atomic E-state index is 12.1. The highest BCUT2D eigenvalue weighted by molar-refractivity contribution is 5.88. The van der Waals surface area contributed by atoms with E-state index in [1.54, 1.807) is 17.0 Å². The van der Waals surface area contributed by atoms with Gasteiger partial charge in [-0.3, -0.25) is 4.79 Å². The van der Waals surface area contributed by atoms with E-state index in [1.165, 1.54) is 0 Å². The van der Waals surface area contributed by atoms with E-state index < -0.39 is 5.60 Å². The molecule has 0 saturated carbocycles.